The van der Waals surface area contributed by atoms with Crippen LogP contribution in [-0.2, 0) is 32.6 Å². The molecule has 0 saturated carbocycles. The van der Waals surface area contributed by atoms with Crippen molar-refractivity contribution in [2.75, 3.05) is 45.9 Å². The molecule has 1 fully saturated rings. The molecule has 9 heteroatoms. The van der Waals surface area contributed by atoms with Crippen LogP contribution in [-0.4, -0.2) is 74.4 Å². The minimum Gasteiger partial charge on any atom is -0.464 e. The van der Waals surface area contributed by atoms with Gasteiger partial charge in [-0.3, -0.25) is 9.69 Å². The van der Waals surface area contributed by atoms with Crippen LogP contribution in [0, 0.1) is 6.92 Å². The number of benzene rings is 2. The molecule has 0 N–H and O–H groups in total. The van der Waals surface area contributed by atoms with Gasteiger partial charge in [0.05, 0.1) is 26.3 Å². The number of hydrogen-bond acceptors (Lipinski definition) is 6. The fourth-order valence-corrected chi connectivity index (χ4v) is 5.36. The molecule has 3 aromatic rings. The van der Waals surface area contributed by atoms with E-state index in [-0.39, 0.29) is 25.5 Å². The van der Waals surface area contributed by atoms with Crippen LogP contribution in [0.2, 0.25) is 0 Å². The van der Waals surface area contributed by atoms with Gasteiger partial charge in [0.25, 0.3) is 0 Å². The number of ether oxygens (including phenoxy) is 1. The minimum absolute atomic E-state index is 0.201. The number of rotatable bonds is 12. The third kappa shape index (κ3) is 8.39. The lowest BCUT2D eigenvalue weighted by molar-refractivity contribution is -0.133. The lowest BCUT2D eigenvalue weighted by Crippen LogP contribution is -2.46. The SMILES string of the molecule is Cc1ccc(CN(Cc2ccccc2)C(=O)CN(CCN2CCOCC2)S(=O)(=O)C=Cc2ccccc2)o1. The smallest absolute Gasteiger partial charge is 0.238 e. The monoisotopic (exact) mass is 537 g/mol. The number of hydrogen-bond donors (Lipinski definition) is 0. The number of amides is 1. The van der Waals surface area contributed by atoms with Gasteiger partial charge in [0, 0.05) is 38.1 Å². The fourth-order valence-electron chi connectivity index (χ4n) is 4.23. The van der Waals surface area contributed by atoms with Crippen LogP contribution in [0.4, 0.5) is 0 Å². The summed E-state index contributed by atoms with van der Waals surface area (Å²) in [6.45, 7) is 5.61. The molecule has 38 heavy (non-hydrogen) atoms. The molecule has 1 aromatic heterocycles. The molecular formula is C29H35N3O5S. The maximum Gasteiger partial charge on any atom is 0.238 e. The molecule has 0 aliphatic carbocycles. The Bertz CT molecular complexity index is 1290. The second-order valence-corrected chi connectivity index (χ2v) is 11.1. The third-order valence-corrected chi connectivity index (χ3v) is 7.90. The van der Waals surface area contributed by atoms with Crippen LogP contribution >= 0.6 is 0 Å². The summed E-state index contributed by atoms with van der Waals surface area (Å²) in [4.78, 5) is 17.5. The molecule has 0 spiro atoms. The molecule has 1 saturated heterocycles. The first-order valence-electron chi connectivity index (χ1n) is 12.8. The topological polar surface area (TPSA) is 83.3 Å². The highest BCUT2D eigenvalue weighted by Gasteiger charge is 2.27. The number of carbonyl (C=O) groups excluding carboxylic acids is 1. The minimum atomic E-state index is -3.87. The summed E-state index contributed by atoms with van der Waals surface area (Å²) in [5.41, 5.74) is 1.73. The molecule has 202 valence electrons. The van der Waals surface area contributed by atoms with Gasteiger partial charge in [0.1, 0.15) is 11.5 Å². The Kier molecular flexibility index (Phi) is 9.89. The third-order valence-electron chi connectivity index (χ3n) is 6.38. The van der Waals surface area contributed by atoms with E-state index >= 15 is 0 Å². The van der Waals surface area contributed by atoms with E-state index in [2.05, 4.69) is 4.90 Å². The van der Waals surface area contributed by atoms with Crippen molar-refractivity contribution in [2.45, 2.75) is 20.0 Å². The molecule has 2 heterocycles. The van der Waals surface area contributed by atoms with Crippen LogP contribution in [0.5, 0.6) is 0 Å². The predicted octanol–water partition coefficient (Wildman–Crippen LogP) is 3.75. The van der Waals surface area contributed by atoms with E-state index < -0.39 is 10.0 Å². The van der Waals surface area contributed by atoms with Crippen molar-refractivity contribution in [1.29, 1.82) is 0 Å². The lowest BCUT2D eigenvalue weighted by atomic mass is 10.2. The average molecular weight is 538 g/mol. The number of morpholine rings is 1. The number of furan rings is 1. The molecular weight excluding hydrogens is 502 g/mol. The van der Waals surface area contributed by atoms with Crippen LogP contribution in [0.25, 0.3) is 6.08 Å². The Hall–Kier alpha value is -3.24. The zero-order valence-electron chi connectivity index (χ0n) is 21.7. The molecule has 0 atom stereocenters. The lowest BCUT2D eigenvalue weighted by Gasteiger charge is -2.30. The molecule has 8 nitrogen and oxygen atoms in total. The molecule has 0 unspecified atom stereocenters. The first kappa shape index (κ1) is 27.8. The van der Waals surface area contributed by atoms with Gasteiger partial charge in [-0.1, -0.05) is 60.7 Å². The highest BCUT2D eigenvalue weighted by Crippen LogP contribution is 2.16. The van der Waals surface area contributed by atoms with Crippen molar-refractivity contribution < 1.29 is 22.4 Å². The molecule has 1 amide bonds. The molecule has 0 radical (unpaired) electrons. The predicted molar refractivity (Wildman–Crippen MR) is 147 cm³/mol. The van der Waals surface area contributed by atoms with Gasteiger partial charge < -0.3 is 14.1 Å². The van der Waals surface area contributed by atoms with Gasteiger partial charge >= 0.3 is 0 Å². The summed E-state index contributed by atoms with van der Waals surface area (Å²) >= 11 is 0. The van der Waals surface area contributed by atoms with Crippen LogP contribution in [0.3, 0.4) is 0 Å². The Labute approximate surface area is 225 Å². The van der Waals surface area contributed by atoms with Crippen molar-refractivity contribution >= 4 is 22.0 Å². The second kappa shape index (κ2) is 13.5. The summed E-state index contributed by atoms with van der Waals surface area (Å²) in [5, 5.41) is 1.19. The highest BCUT2D eigenvalue weighted by molar-refractivity contribution is 7.92. The second-order valence-electron chi connectivity index (χ2n) is 9.29. The van der Waals surface area contributed by atoms with Gasteiger partial charge in [-0.15, -0.1) is 0 Å². The first-order valence-corrected chi connectivity index (χ1v) is 14.3. The normalized spacial score (nSPS) is 14.8. The van der Waals surface area contributed by atoms with E-state index in [0.717, 1.165) is 30.0 Å². The Morgan fingerprint density at radius 3 is 2.29 bits per heavy atom. The number of nitrogens with zero attached hydrogens (tertiary/aromatic N) is 3. The number of aryl methyl sites for hydroxylation is 1. The molecule has 4 rings (SSSR count). The van der Waals surface area contributed by atoms with Crippen molar-refractivity contribution in [3.05, 3.63) is 101 Å². The fraction of sp³-hybridized carbons (Fsp3) is 0.345. The van der Waals surface area contributed by atoms with Crippen LogP contribution < -0.4 is 0 Å². The van der Waals surface area contributed by atoms with Crippen molar-refractivity contribution in [3.8, 4) is 0 Å². The van der Waals surface area contributed by atoms with Crippen molar-refractivity contribution in [2.24, 2.45) is 0 Å². The Balaban J connectivity index is 1.54. The summed E-state index contributed by atoms with van der Waals surface area (Å²) in [7, 11) is -3.87. The largest absolute Gasteiger partial charge is 0.464 e. The van der Waals surface area contributed by atoms with E-state index in [1.54, 1.807) is 11.0 Å². The number of carbonyl (C=O) groups is 1. The zero-order valence-corrected chi connectivity index (χ0v) is 22.6. The Morgan fingerprint density at radius 1 is 0.947 bits per heavy atom. The van der Waals surface area contributed by atoms with Crippen LogP contribution in [0.15, 0.2) is 82.6 Å². The summed E-state index contributed by atoms with van der Waals surface area (Å²) in [6, 6.07) is 22.6. The van der Waals surface area contributed by atoms with Gasteiger partial charge in [-0.05, 0) is 36.3 Å². The van der Waals surface area contributed by atoms with E-state index in [1.165, 1.54) is 9.71 Å². The Morgan fingerprint density at radius 2 is 1.63 bits per heavy atom. The maximum absolute atomic E-state index is 13.7. The zero-order chi connectivity index (χ0) is 26.8. The summed E-state index contributed by atoms with van der Waals surface area (Å²) in [6.07, 6.45) is 1.56. The summed E-state index contributed by atoms with van der Waals surface area (Å²) < 4.78 is 39.3. The first-order chi connectivity index (χ1) is 18.4. The van der Waals surface area contributed by atoms with E-state index in [4.69, 9.17) is 9.15 Å². The van der Waals surface area contributed by atoms with Crippen molar-refractivity contribution in [3.63, 3.8) is 0 Å². The van der Waals surface area contributed by atoms with E-state index in [0.29, 0.717) is 32.1 Å². The van der Waals surface area contributed by atoms with Gasteiger partial charge in [0.2, 0.25) is 15.9 Å². The van der Waals surface area contributed by atoms with Crippen LogP contribution in [0.1, 0.15) is 22.6 Å². The maximum atomic E-state index is 13.7. The average Bonchev–Trinajstić information content (AvgIpc) is 3.35. The highest BCUT2D eigenvalue weighted by atomic mass is 32.2. The molecule has 2 aromatic carbocycles. The van der Waals surface area contributed by atoms with Gasteiger partial charge in [0.15, 0.2) is 0 Å². The molecule has 1 aliphatic rings. The van der Waals surface area contributed by atoms with Crippen molar-refractivity contribution in [1.82, 2.24) is 14.1 Å². The quantitative estimate of drug-likeness (QED) is 0.350. The van der Waals surface area contributed by atoms with Gasteiger partial charge in [-0.25, -0.2) is 8.42 Å². The van der Waals surface area contributed by atoms with E-state index in [1.807, 2.05) is 79.7 Å². The standard InChI is InChI=1S/C29H35N3O5S/c1-25-12-13-28(37-25)23-31(22-27-10-6-3-7-11-27)29(33)24-32(16-15-30-17-19-36-20-18-30)38(34,35)21-14-26-8-4-2-5-9-26/h2-14,21H,15-20,22-24H2,1H3. The van der Waals surface area contributed by atoms with Gasteiger partial charge in [-0.2, -0.15) is 4.31 Å². The molecule has 0 bridgehead atoms. The summed E-state index contributed by atoms with van der Waals surface area (Å²) in [5.74, 6) is 1.12. The number of sulfonamides is 1. The molecule has 1 aliphatic heterocycles. The van der Waals surface area contributed by atoms with E-state index in [9.17, 15) is 13.2 Å².